The van der Waals surface area contributed by atoms with Gasteiger partial charge in [0, 0.05) is 27.1 Å². The van der Waals surface area contributed by atoms with Crippen LogP contribution >= 0.6 is 23.2 Å². The van der Waals surface area contributed by atoms with Crippen molar-refractivity contribution in [2.24, 2.45) is 5.84 Å². The fourth-order valence-electron chi connectivity index (χ4n) is 2.61. The van der Waals surface area contributed by atoms with Crippen molar-refractivity contribution in [3.8, 4) is 0 Å². The van der Waals surface area contributed by atoms with E-state index in [-0.39, 0.29) is 12.1 Å². The van der Waals surface area contributed by atoms with Crippen molar-refractivity contribution in [3.63, 3.8) is 0 Å². The number of alkyl halides is 2. The smallest absolute Gasteiger partial charge is 0.263 e. The van der Waals surface area contributed by atoms with E-state index in [9.17, 15) is 13.6 Å². The highest BCUT2D eigenvalue weighted by Gasteiger charge is 2.15. The van der Waals surface area contributed by atoms with Crippen LogP contribution < -0.4 is 11.3 Å². The molecule has 0 atom stereocenters. The second kappa shape index (κ2) is 8.04. The topological polar surface area (TPSA) is 72.9 Å². The van der Waals surface area contributed by atoms with E-state index in [1.165, 1.54) is 24.3 Å². The summed E-state index contributed by atoms with van der Waals surface area (Å²) in [7, 11) is 0. The van der Waals surface area contributed by atoms with Gasteiger partial charge in [0.05, 0.1) is 17.8 Å². The van der Waals surface area contributed by atoms with E-state index in [0.29, 0.717) is 26.6 Å². The fourth-order valence-corrected chi connectivity index (χ4v) is 3.08. The number of benzene rings is 2. The predicted octanol–water partition coefficient (Wildman–Crippen LogP) is 4.33. The minimum atomic E-state index is -2.61. The summed E-state index contributed by atoms with van der Waals surface area (Å²) < 4.78 is 27.8. The highest BCUT2D eigenvalue weighted by atomic mass is 35.5. The first-order valence-corrected chi connectivity index (χ1v) is 8.56. The third-order valence-electron chi connectivity index (χ3n) is 3.93. The second-order valence-electron chi connectivity index (χ2n) is 5.70. The van der Waals surface area contributed by atoms with Gasteiger partial charge in [0.15, 0.2) is 0 Å². The SMILES string of the molecule is NNC(=O)C=Cc1nn(Cc2ccc(Cl)cc2Cl)c2cc(C(F)F)ccc12. The minimum Gasteiger partial charge on any atom is -0.291 e. The summed E-state index contributed by atoms with van der Waals surface area (Å²) >= 11 is 12.1. The van der Waals surface area contributed by atoms with Crippen molar-refractivity contribution in [1.29, 1.82) is 0 Å². The molecule has 0 aliphatic heterocycles. The first-order chi connectivity index (χ1) is 12.9. The summed E-state index contributed by atoms with van der Waals surface area (Å²) in [5.41, 5.74) is 3.51. The molecule has 3 rings (SSSR count). The van der Waals surface area contributed by atoms with Crippen LogP contribution in [-0.2, 0) is 11.3 Å². The Morgan fingerprint density at radius 2 is 2.04 bits per heavy atom. The molecule has 0 fully saturated rings. The van der Waals surface area contributed by atoms with Crippen molar-refractivity contribution in [1.82, 2.24) is 15.2 Å². The quantitative estimate of drug-likeness (QED) is 0.284. The summed E-state index contributed by atoms with van der Waals surface area (Å²) in [6.07, 6.45) is 0.0634. The molecule has 0 aliphatic rings. The molecule has 1 aromatic heterocycles. The van der Waals surface area contributed by atoms with E-state index in [2.05, 4.69) is 5.10 Å². The van der Waals surface area contributed by atoms with Crippen LogP contribution in [0.4, 0.5) is 8.78 Å². The van der Waals surface area contributed by atoms with Crippen LogP contribution in [0.5, 0.6) is 0 Å². The average molecular weight is 411 g/mol. The number of fused-ring (bicyclic) bond motifs is 1. The Bertz CT molecular complexity index is 1030. The number of rotatable bonds is 5. The number of nitrogens with one attached hydrogen (secondary N) is 1. The summed E-state index contributed by atoms with van der Waals surface area (Å²) in [6.45, 7) is 0.246. The van der Waals surface area contributed by atoms with Crippen molar-refractivity contribution < 1.29 is 13.6 Å². The Morgan fingerprint density at radius 1 is 1.26 bits per heavy atom. The van der Waals surface area contributed by atoms with Crippen molar-refractivity contribution in [3.05, 3.63) is 69.3 Å². The van der Waals surface area contributed by atoms with Gasteiger partial charge in [0.1, 0.15) is 0 Å². The molecule has 140 valence electrons. The van der Waals surface area contributed by atoms with Gasteiger partial charge in [-0.3, -0.25) is 14.9 Å². The van der Waals surface area contributed by atoms with Gasteiger partial charge < -0.3 is 0 Å². The van der Waals surface area contributed by atoms with E-state index in [4.69, 9.17) is 29.0 Å². The lowest BCUT2D eigenvalue weighted by molar-refractivity contribution is -0.116. The summed E-state index contributed by atoms with van der Waals surface area (Å²) in [5.74, 6) is 4.54. The molecule has 0 radical (unpaired) electrons. The Labute approximate surface area is 163 Å². The molecule has 27 heavy (non-hydrogen) atoms. The number of aromatic nitrogens is 2. The number of hydrogen-bond acceptors (Lipinski definition) is 3. The van der Waals surface area contributed by atoms with Gasteiger partial charge in [0.25, 0.3) is 12.3 Å². The molecule has 3 N–H and O–H groups in total. The van der Waals surface area contributed by atoms with Crippen LogP contribution in [0.15, 0.2) is 42.5 Å². The van der Waals surface area contributed by atoms with Crippen LogP contribution in [0.2, 0.25) is 10.0 Å². The zero-order chi connectivity index (χ0) is 19.6. The predicted molar refractivity (Wildman–Crippen MR) is 102 cm³/mol. The number of nitrogens with two attached hydrogens (primary N) is 1. The lowest BCUT2D eigenvalue weighted by Gasteiger charge is -2.07. The first-order valence-electron chi connectivity index (χ1n) is 7.80. The number of halogens is 4. The lowest BCUT2D eigenvalue weighted by atomic mass is 10.1. The Kier molecular flexibility index (Phi) is 5.74. The molecule has 9 heteroatoms. The Hall–Kier alpha value is -2.48. The molecule has 1 amide bonds. The normalized spacial score (nSPS) is 11.6. The molecule has 2 aromatic carbocycles. The van der Waals surface area contributed by atoms with Gasteiger partial charge in [-0.1, -0.05) is 41.4 Å². The maximum absolute atomic E-state index is 13.1. The number of carbonyl (C=O) groups excluding carboxylic acids is 1. The van der Waals surface area contributed by atoms with E-state index in [0.717, 1.165) is 5.56 Å². The monoisotopic (exact) mass is 410 g/mol. The molecule has 3 aromatic rings. The number of carbonyl (C=O) groups is 1. The standard InChI is InChI=1S/C18H14Cl2F2N4O/c19-12-3-1-11(14(20)8-12)9-26-16-7-10(18(21)22)2-4-13(16)15(25-26)5-6-17(27)24-23/h1-8,18H,9,23H2,(H,24,27). The van der Waals surface area contributed by atoms with E-state index in [1.54, 1.807) is 28.9 Å². The van der Waals surface area contributed by atoms with Crippen LogP contribution in [-0.4, -0.2) is 15.7 Å². The highest BCUT2D eigenvalue weighted by Crippen LogP contribution is 2.28. The van der Waals surface area contributed by atoms with Crippen LogP contribution in [0.1, 0.15) is 23.2 Å². The van der Waals surface area contributed by atoms with Crippen LogP contribution in [0, 0.1) is 0 Å². The van der Waals surface area contributed by atoms with Gasteiger partial charge in [-0.25, -0.2) is 14.6 Å². The summed E-state index contributed by atoms with van der Waals surface area (Å²) in [6, 6.07) is 9.27. The molecule has 5 nitrogen and oxygen atoms in total. The maximum atomic E-state index is 13.1. The third kappa shape index (κ3) is 4.27. The highest BCUT2D eigenvalue weighted by molar-refractivity contribution is 6.35. The molecule has 0 bridgehead atoms. The fraction of sp³-hybridized carbons (Fsp3) is 0.111. The largest absolute Gasteiger partial charge is 0.291 e. The van der Waals surface area contributed by atoms with Crippen molar-refractivity contribution in [2.45, 2.75) is 13.0 Å². The molecular formula is C18H14Cl2F2N4O. The minimum absolute atomic E-state index is 0.124. The summed E-state index contributed by atoms with van der Waals surface area (Å²) in [4.78, 5) is 11.4. The van der Waals surface area contributed by atoms with E-state index in [1.807, 2.05) is 5.43 Å². The number of nitrogens with zero attached hydrogens (tertiary/aromatic N) is 2. The first kappa shape index (κ1) is 19.3. The molecule has 0 saturated carbocycles. The van der Waals surface area contributed by atoms with Gasteiger partial charge in [0.2, 0.25) is 0 Å². The molecular weight excluding hydrogens is 397 g/mol. The third-order valence-corrected chi connectivity index (χ3v) is 4.51. The molecule has 0 unspecified atom stereocenters. The zero-order valence-electron chi connectivity index (χ0n) is 13.8. The Morgan fingerprint density at radius 3 is 2.70 bits per heavy atom. The van der Waals surface area contributed by atoms with Gasteiger partial charge in [-0.05, 0) is 29.8 Å². The van der Waals surface area contributed by atoms with Crippen molar-refractivity contribution in [2.75, 3.05) is 0 Å². The van der Waals surface area contributed by atoms with Gasteiger partial charge >= 0.3 is 0 Å². The number of hydrogen-bond donors (Lipinski definition) is 2. The molecule has 0 saturated heterocycles. The molecule has 1 heterocycles. The molecule has 0 aliphatic carbocycles. The number of amides is 1. The van der Waals surface area contributed by atoms with Crippen LogP contribution in [0.25, 0.3) is 17.0 Å². The Balaban J connectivity index is 2.10. The van der Waals surface area contributed by atoms with Crippen molar-refractivity contribution >= 4 is 46.1 Å². The average Bonchev–Trinajstić information content (AvgIpc) is 2.99. The molecule has 0 spiro atoms. The van der Waals surface area contributed by atoms with Gasteiger partial charge in [-0.2, -0.15) is 5.10 Å². The maximum Gasteiger partial charge on any atom is 0.263 e. The lowest BCUT2D eigenvalue weighted by Crippen LogP contribution is -2.27. The van der Waals surface area contributed by atoms with Gasteiger partial charge in [-0.15, -0.1) is 0 Å². The van der Waals surface area contributed by atoms with Crippen LogP contribution in [0.3, 0.4) is 0 Å². The van der Waals surface area contributed by atoms with E-state index >= 15 is 0 Å². The zero-order valence-corrected chi connectivity index (χ0v) is 15.3. The second-order valence-corrected chi connectivity index (χ2v) is 6.54. The number of hydrazine groups is 1. The summed E-state index contributed by atoms with van der Waals surface area (Å²) in [5, 5.41) is 5.98. The van der Waals surface area contributed by atoms with E-state index < -0.39 is 12.3 Å².